The second-order valence-corrected chi connectivity index (χ2v) is 16.8. The largest absolute Gasteiger partial charge is 0.495 e. The van der Waals surface area contributed by atoms with Gasteiger partial charge < -0.3 is 47.5 Å². The van der Waals surface area contributed by atoms with Gasteiger partial charge in [0.15, 0.2) is 0 Å². The summed E-state index contributed by atoms with van der Waals surface area (Å²) in [5.74, 6) is -11.9. The summed E-state index contributed by atoms with van der Waals surface area (Å²) in [5.41, 5.74) is 12.3. The van der Waals surface area contributed by atoms with Gasteiger partial charge in [0.25, 0.3) is 0 Å². The predicted octanol–water partition coefficient (Wildman–Crippen LogP) is 1.62. The van der Waals surface area contributed by atoms with Crippen LogP contribution in [0.3, 0.4) is 0 Å². The summed E-state index contributed by atoms with van der Waals surface area (Å²) in [4.78, 5) is 92.0. The van der Waals surface area contributed by atoms with Crippen molar-refractivity contribution >= 4 is 53.3 Å². The molecule has 0 fully saturated rings. The number of benzene rings is 2. The Hall–Kier alpha value is -6.11. The van der Waals surface area contributed by atoms with Crippen LogP contribution in [-0.4, -0.2) is 118 Å². The van der Waals surface area contributed by atoms with Crippen molar-refractivity contribution in [2.24, 2.45) is 16.9 Å². The van der Waals surface area contributed by atoms with Crippen molar-refractivity contribution in [1.82, 2.24) is 25.8 Å². The number of aliphatic hydroxyl groups excluding tert-OH is 1. The van der Waals surface area contributed by atoms with E-state index in [0.29, 0.717) is 23.0 Å². The maximum atomic E-state index is 14.9. The maximum Gasteiger partial charge on any atom is 0.495 e. The number of carboxylic acids is 1. The van der Waals surface area contributed by atoms with Crippen LogP contribution in [0.1, 0.15) is 50.8 Å². The van der Waals surface area contributed by atoms with E-state index < -0.39 is 113 Å². The summed E-state index contributed by atoms with van der Waals surface area (Å²) >= 11 is 0.495. The summed E-state index contributed by atoms with van der Waals surface area (Å²) < 4.78 is 67.9. The molecule has 0 aliphatic heterocycles. The molecule has 0 aliphatic rings. The number of carbonyl (C=O) groups is 7. The normalized spacial score (nSPS) is 13.9. The van der Waals surface area contributed by atoms with Crippen LogP contribution in [0.25, 0.3) is 11.1 Å². The van der Waals surface area contributed by atoms with Crippen molar-refractivity contribution < 1.29 is 75.5 Å². The number of aromatic nitrogens is 1. The molecule has 5 atom stereocenters. The van der Waals surface area contributed by atoms with Crippen LogP contribution in [-0.2, 0) is 49.9 Å². The van der Waals surface area contributed by atoms with E-state index in [2.05, 4.69) is 31.0 Å². The molecule has 2 aromatic carbocycles. The first-order valence-electron chi connectivity index (χ1n) is 19.7. The Labute approximate surface area is 373 Å². The molecule has 1 heterocycles. The van der Waals surface area contributed by atoms with Gasteiger partial charge in [-0.25, -0.2) is 28.1 Å². The molecule has 65 heavy (non-hydrogen) atoms. The molecule has 0 bridgehead atoms. The van der Waals surface area contributed by atoms with E-state index in [4.69, 9.17) is 16.6 Å². The number of alkyl halides is 3. The molecular weight excluding hydrogens is 894 g/mol. The summed E-state index contributed by atoms with van der Waals surface area (Å²) in [6.07, 6.45) is -6.59. The van der Waals surface area contributed by atoms with E-state index in [9.17, 15) is 60.6 Å². The number of nitrogens with zero attached hydrogens (tertiary/aromatic N) is 1. The molecule has 3 aromatic rings. The quantitative estimate of drug-likeness (QED) is 0.0308. The zero-order valence-electron chi connectivity index (χ0n) is 35.3. The highest BCUT2D eigenvalue weighted by atomic mass is 32.2. The molecule has 0 aliphatic carbocycles. The number of carboxylic acid groups (broad SMARTS) is 1. The third-order valence-electron chi connectivity index (χ3n) is 9.34. The molecule has 356 valence electrons. The maximum absolute atomic E-state index is 14.9. The number of nitrogens with two attached hydrogens (primary N) is 2. The lowest BCUT2D eigenvalue weighted by atomic mass is 9.74. The minimum atomic E-state index is -5.49. The van der Waals surface area contributed by atoms with Gasteiger partial charge in [-0.3, -0.25) is 24.0 Å². The van der Waals surface area contributed by atoms with Crippen LogP contribution in [0, 0.1) is 17.0 Å². The smallest absolute Gasteiger partial charge is 0.480 e. The number of thioether (sulfide) groups is 1. The summed E-state index contributed by atoms with van der Waals surface area (Å²) in [6.45, 7) is 4.55. The third kappa shape index (κ3) is 17.1. The second-order valence-electron chi connectivity index (χ2n) is 15.5. The zero-order chi connectivity index (χ0) is 48.6. The van der Waals surface area contributed by atoms with Crippen LogP contribution in [0.2, 0.25) is 0 Å². The molecular formula is C41H50F5N7O11S. The molecule has 24 heteroatoms. The van der Waals surface area contributed by atoms with Crippen molar-refractivity contribution in [1.29, 1.82) is 0 Å². The first kappa shape index (κ1) is 53.2. The highest BCUT2D eigenvalue weighted by Gasteiger charge is 2.43. The van der Waals surface area contributed by atoms with Crippen LogP contribution >= 0.6 is 11.8 Å². The molecule has 4 amide bonds. The second kappa shape index (κ2) is 24.3. The topological polar surface area (TPSA) is 284 Å². The van der Waals surface area contributed by atoms with Gasteiger partial charge in [-0.15, -0.1) is 11.8 Å². The van der Waals surface area contributed by atoms with Crippen molar-refractivity contribution in [3.05, 3.63) is 83.7 Å². The van der Waals surface area contributed by atoms with E-state index >= 15 is 0 Å². The molecule has 0 saturated heterocycles. The van der Waals surface area contributed by atoms with E-state index in [1.165, 1.54) is 0 Å². The summed E-state index contributed by atoms with van der Waals surface area (Å²) in [6, 6.07) is 11.3. The van der Waals surface area contributed by atoms with Crippen molar-refractivity contribution in [2.75, 3.05) is 31.9 Å². The van der Waals surface area contributed by atoms with E-state index in [1.807, 2.05) is 51.1 Å². The molecule has 0 saturated carbocycles. The number of hydrogen-bond acceptors (Lipinski definition) is 13. The highest BCUT2D eigenvalue weighted by Crippen LogP contribution is 2.41. The number of halogens is 5. The van der Waals surface area contributed by atoms with E-state index in [1.54, 1.807) is 16.8 Å². The molecule has 18 nitrogen and oxygen atoms in total. The Morgan fingerprint density at radius 1 is 0.815 bits per heavy atom. The van der Waals surface area contributed by atoms with Gasteiger partial charge in [-0.1, -0.05) is 51.1 Å². The first-order chi connectivity index (χ1) is 30.4. The third-order valence-corrected chi connectivity index (χ3v) is 10.7. The van der Waals surface area contributed by atoms with Gasteiger partial charge in [0.2, 0.25) is 23.6 Å². The predicted molar refractivity (Wildman–Crippen MR) is 223 cm³/mol. The minimum absolute atomic E-state index is 0.00245. The Balaban J connectivity index is 1.52. The summed E-state index contributed by atoms with van der Waals surface area (Å²) in [7, 11) is 0. The fraction of sp³-hybridized carbons (Fsp3) is 0.439. The molecule has 10 N–H and O–H groups in total. The van der Waals surface area contributed by atoms with Crippen molar-refractivity contribution in [3.63, 3.8) is 0 Å². The van der Waals surface area contributed by atoms with Gasteiger partial charge >= 0.3 is 24.1 Å². The van der Waals surface area contributed by atoms with Crippen LogP contribution in [0.4, 0.5) is 22.0 Å². The molecule has 0 spiro atoms. The Kier molecular flexibility index (Phi) is 19.9. The van der Waals surface area contributed by atoms with Gasteiger partial charge in [0.1, 0.15) is 23.8 Å². The van der Waals surface area contributed by atoms with Gasteiger partial charge in [0.05, 0.1) is 24.3 Å². The average molecular weight is 944 g/mol. The van der Waals surface area contributed by atoms with Crippen LogP contribution in [0.5, 0.6) is 0 Å². The molecule has 1 aromatic heterocycles. The van der Waals surface area contributed by atoms with E-state index in [-0.39, 0.29) is 38.2 Å². The fourth-order valence-corrected chi connectivity index (χ4v) is 7.16. The van der Waals surface area contributed by atoms with Gasteiger partial charge in [-0.2, -0.15) is 13.2 Å². The average Bonchev–Trinajstić information content (AvgIpc) is 3.63. The van der Waals surface area contributed by atoms with E-state index in [0.717, 1.165) is 23.8 Å². The highest BCUT2D eigenvalue weighted by molar-refractivity contribution is 8.00. The lowest BCUT2D eigenvalue weighted by molar-refractivity contribution is -0.285. The van der Waals surface area contributed by atoms with Gasteiger partial charge in [0, 0.05) is 60.9 Å². The lowest BCUT2D eigenvalue weighted by Crippen LogP contribution is -2.47. The fourth-order valence-electron chi connectivity index (χ4n) is 6.09. The number of rotatable bonds is 22. The number of aliphatic carboxylic acids is 1. The van der Waals surface area contributed by atoms with Crippen molar-refractivity contribution in [2.45, 2.75) is 75.7 Å². The number of nitrogens with one attached hydrogen (secondary N) is 4. The standard InChI is InChI=1S/C41H50F5N7O11S/c1-40(2,3)33(29-15-23(25-16-24(42)9-10-26(25)43)20-53(29)19-22-7-5-4-6-8-22)34(56)37(59)50-12-11-27(47)35(57)51-14-13-49-31(54)18-52-36(58)30(65-21-28(48)38(60)61)17-32(55)63-64-39(62)41(44,45)46/h4-10,15-16,20,27-28,30,33-34,56H,11-14,17-19,21,47-48H2,1-3H3,(H,49,54)(H,50,59)(H,51,57)(H,52,58)(H,60,61)/t27-,28-,30?,33+,34-/m0/s1. The molecule has 0 radical (unpaired) electrons. The monoisotopic (exact) mass is 943 g/mol. The molecule has 3 rings (SSSR count). The number of hydrogen-bond donors (Lipinski definition) is 8. The SMILES string of the molecule is CC(C)(C)[C@H](c1cc(-c2cc(F)ccc2F)cn1Cc1ccccc1)[C@H](O)C(=O)NCC[C@H](N)C(=O)NCCNC(=O)CNC(=O)C(CC(=O)OOC(=O)C(F)(F)F)SC[C@H](N)C(=O)O. The van der Waals surface area contributed by atoms with Gasteiger partial charge in [-0.05, 0) is 41.7 Å². The van der Waals surface area contributed by atoms with Crippen molar-refractivity contribution in [3.8, 4) is 11.1 Å². The van der Waals surface area contributed by atoms with Crippen LogP contribution in [0.15, 0.2) is 60.8 Å². The minimum Gasteiger partial charge on any atom is -0.480 e. The molecule has 1 unspecified atom stereocenters. The first-order valence-corrected chi connectivity index (χ1v) is 20.7. The number of amides is 4. The lowest BCUT2D eigenvalue weighted by Gasteiger charge is -2.35. The summed E-state index contributed by atoms with van der Waals surface area (Å²) in [5, 5.41) is 28.6. The Morgan fingerprint density at radius 3 is 2.09 bits per heavy atom. The zero-order valence-corrected chi connectivity index (χ0v) is 36.1. The number of carbonyl (C=O) groups excluding carboxylic acids is 6. The Bertz CT molecular complexity index is 2160. The van der Waals surface area contributed by atoms with Crippen LogP contribution < -0.4 is 32.7 Å². The number of aliphatic hydroxyl groups is 1. The Morgan fingerprint density at radius 2 is 1.46 bits per heavy atom.